The molecule has 0 saturated heterocycles. The lowest BCUT2D eigenvalue weighted by molar-refractivity contribution is -0.120. The molecular weight excluding hydrogens is 381 g/mol. The molecule has 0 fully saturated rings. The maximum absolute atomic E-state index is 13.0. The number of amides is 1. The number of likely N-dealkylation sites (N-methyl/N-ethyl adjacent to an activating group) is 1. The molecule has 0 unspecified atom stereocenters. The molecule has 5 nitrogen and oxygen atoms in total. The molecule has 24 heavy (non-hydrogen) atoms. The summed E-state index contributed by atoms with van der Waals surface area (Å²) < 4.78 is 29.3. The van der Waals surface area contributed by atoms with E-state index in [0.29, 0.717) is 27.4 Å². The van der Waals surface area contributed by atoms with Gasteiger partial charge in [0.15, 0.2) is 18.1 Å². The van der Waals surface area contributed by atoms with Gasteiger partial charge in [0.05, 0.1) is 18.7 Å². The van der Waals surface area contributed by atoms with Crippen LogP contribution in [0.2, 0.25) is 0 Å². The van der Waals surface area contributed by atoms with Crippen molar-refractivity contribution in [2.24, 2.45) is 0 Å². The zero-order valence-corrected chi connectivity index (χ0v) is 15.1. The summed E-state index contributed by atoms with van der Waals surface area (Å²) in [6, 6.07) is 9.16. The van der Waals surface area contributed by atoms with E-state index in [2.05, 4.69) is 15.9 Å². The van der Waals surface area contributed by atoms with Gasteiger partial charge in [-0.2, -0.15) is 0 Å². The fraction of sp³-hybridized carbons (Fsp3) is 0.235. The van der Waals surface area contributed by atoms with Gasteiger partial charge in [-0.05, 0) is 46.3 Å². The number of carbonyl (C=O) groups excluding carboxylic acids is 1. The van der Waals surface area contributed by atoms with E-state index >= 15 is 0 Å². The fourth-order valence-electron chi connectivity index (χ4n) is 2.01. The van der Waals surface area contributed by atoms with Gasteiger partial charge >= 0.3 is 0 Å². The lowest BCUT2D eigenvalue weighted by atomic mass is 10.2. The Labute approximate surface area is 148 Å². The Morgan fingerprint density at radius 3 is 2.38 bits per heavy atom. The minimum atomic E-state index is -0.386. The molecular formula is C17H17BrFNO4. The maximum atomic E-state index is 13.0. The third-order valence-corrected chi connectivity index (χ3v) is 3.99. The van der Waals surface area contributed by atoms with E-state index in [1.165, 1.54) is 30.2 Å². The van der Waals surface area contributed by atoms with E-state index in [4.69, 9.17) is 14.2 Å². The molecule has 0 N–H and O–H groups in total. The topological polar surface area (TPSA) is 48.0 Å². The van der Waals surface area contributed by atoms with Crippen LogP contribution in [0.3, 0.4) is 0 Å². The second-order valence-corrected chi connectivity index (χ2v) is 5.71. The van der Waals surface area contributed by atoms with Gasteiger partial charge < -0.3 is 19.1 Å². The smallest absolute Gasteiger partial charge is 0.264 e. The summed E-state index contributed by atoms with van der Waals surface area (Å²) in [7, 11) is 4.70. The molecule has 0 atom stereocenters. The van der Waals surface area contributed by atoms with E-state index < -0.39 is 0 Å². The molecule has 0 saturated carbocycles. The van der Waals surface area contributed by atoms with Gasteiger partial charge in [-0.25, -0.2) is 4.39 Å². The molecule has 1 amide bonds. The fourth-order valence-corrected chi connectivity index (χ4v) is 2.47. The molecule has 0 aliphatic heterocycles. The Morgan fingerprint density at radius 2 is 1.75 bits per heavy atom. The van der Waals surface area contributed by atoms with Gasteiger partial charge in [-0.3, -0.25) is 4.79 Å². The van der Waals surface area contributed by atoms with Crippen LogP contribution in [-0.4, -0.2) is 33.8 Å². The van der Waals surface area contributed by atoms with Gasteiger partial charge in [0.25, 0.3) is 5.91 Å². The number of halogens is 2. The molecule has 2 rings (SSSR count). The van der Waals surface area contributed by atoms with Crippen molar-refractivity contribution in [1.29, 1.82) is 0 Å². The molecule has 0 bridgehead atoms. The van der Waals surface area contributed by atoms with Crippen molar-refractivity contribution in [3.05, 3.63) is 46.7 Å². The Morgan fingerprint density at radius 1 is 1.08 bits per heavy atom. The Kier molecular flexibility index (Phi) is 6.03. The molecule has 0 aliphatic carbocycles. The predicted octanol–water partition coefficient (Wildman–Crippen LogP) is 3.65. The molecule has 128 valence electrons. The van der Waals surface area contributed by atoms with E-state index in [1.54, 1.807) is 32.4 Å². The van der Waals surface area contributed by atoms with E-state index in [-0.39, 0.29) is 18.3 Å². The van der Waals surface area contributed by atoms with Crippen molar-refractivity contribution in [3.63, 3.8) is 0 Å². The number of rotatable bonds is 6. The zero-order valence-electron chi connectivity index (χ0n) is 13.5. The largest absolute Gasteiger partial charge is 0.493 e. The van der Waals surface area contributed by atoms with Crippen LogP contribution in [0, 0.1) is 5.82 Å². The molecule has 0 aliphatic rings. The first-order chi connectivity index (χ1) is 11.5. The second kappa shape index (κ2) is 8.01. The SMILES string of the molecule is COc1ccc(N(C)C(=O)COc2ccc(F)cc2Br)cc1OC. The van der Waals surface area contributed by atoms with E-state index in [9.17, 15) is 9.18 Å². The molecule has 7 heteroatoms. The van der Waals surface area contributed by atoms with Crippen LogP contribution in [0.15, 0.2) is 40.9 Å². The summed E-state index contributed by atoms with van der Waals surface area (Å²) in [6.07, 6.45) is 0. The highest BCUT2D eigenvalue weighted by Crippen LogP contribution is 2.31. The van der Waals surface area contributed by atoms with Crippen LogP contribution in [-0.2, 0) is 4.79 Å². The quantitative estimate of drug-likeness (QED) is 0.746. The summed E-state index contributed by atoms with van der Waals surface area (Å²) in [5.74, 6) is 0.845. The summed E-state index contributed by atoms with van der Waals surface area (Å²) in [6.45, 7) is -0.185. The molecule has 2 aromatic rings. The highest BCUT2D eigenvalue weighted by Gasteiger charge is 2.15. The molecule has 0 aromatic heterocycles. The average Bonchev–Trinajstić information content (AvgIpc) is 2.59. The maximum Gasteiger partial charge on any atom is 0.264 e. The van der Waals surface area contributed by atoms with Crippen LogP contribution >= 0.6 is 15.9 Å². The second-order valence-electron chi connectivity index (χ2n) is 4.86. The summed E-state index contributed by atoms with van der Waals surface area (Å²) in [5.41, 5.74) is 0.638. The van der Waals surface area contributed by atoms with E-state index in [1.807, 2.05) is 0 Å². The van der Waals surface area contributed by atoms with Gasteiger partial charge in [-0.1, -0.05) is 0 Å². The van der Waals surface area contributed by atoms with E-state index in [0.717, 1.165) is 0 Å². The van der Waals surface area contributed by atoms with Crippen molar-refractivity contribution in [1.82, 2.24) is 0 Å². The zero-order chi connectivity index (χ0) is 17.7. The highest BCUT2D eigenvalue weighted by atomic mass is 79.9. The normalized spacial score (nSPS) is 10.2. The summed E-state index contributed by atoms with van der Waals surface area (Å²) in [5, 5.41) is 0. The number of hydrogen-bond acceptors (Lipinski definition) is 4. The lowest BCUT2D eigenvalue weighted by Gasteiger charge is -2.19. The summed E-state index contributed by atoms with van der Waals surface area (Å²) in [4.78, 5) is 13.7. The monoisotopic (exact) mass is 397 g/mol. The van der Waals surface area contributed by atoms with Crippen molar-refractivity contribution in [2.45, 2.75) is 0 Å². The van der Waals surface area contributed by atoms with Crippen LogP contribution < -0.4 is 19.1 Å². The van der Waals surface area contributed by atoms with Crippen LogP contribution in [0.5, 0.6) is 17.2 Å². The number of hydrogen-bond donors (Lipinski definition) is 0. The first kappa shape index (κ1) is 18.1. The predicted molar refractivity (Wildman–Crippen MR) is 92.6 cm³/mol. The summed E-state index contributed by atoms with van der Waals surface area (Å²) >= 11 is 3.19. The van der Waals surface area contributed by atoms with Gasteiger partial charge in [0.2, 0.25) is 0 Å². The molecule has 0 spiro atoms. The Hall–Kier alpha value is -2.28. The minimum Gasteiger partial charge on any atom is -0.493 e. The molecule has 0 radical (unpaired) electrons. The molecule has 2 aromatic carbocycles. The first-order valence-electron chi connectivity index (χ1n) is 7.02. The van der Waals surface area contributed by atoms with Crippen molar-refractivity contribution >= 4 is 27.5 Å². The standard InChI is InChI=1S/C17H17BrFNO4/c1-20(12-5-7-15(22-2)16(9-12)23-3)17(21)10-24-14-6-4-11(19)8-13(14)18/h4-9H,10H2,1-3H3. The number of methoxy groups -OCH3 is 2. The number of anilines is 1. The van der Waals surface area contributed by atoms with Crippen LogP contribution in [0.1, 0.15) is 0 Å². The Balaban J connectivity index is 2.06. The molecule has 0 heterocycles. The van der Waals surface area contributed by atoms with Gasteiger partial charge in [0, 0.05) is 18.8 Å². The van der Waals surface area contributed by atoms with Crippen molar-refractivity contribution in [3.8, 4) is 17.2 Å². The number of ether oxygens (including phenoxy) is 3. The lowest BCUT2D eigenvalue weighted by Crippen LogP contribution is -2.31. The third kappa shape index (κ3) is 4.17. The van der Waals surface area contributed by atoms with Crippen molar-refractivity contribution < 1.29 is 23.4 Å². The minimum absolute atomic E-state index is 0.185. The Bertz CT molecular complexity index is 739. The third-order valence-electron chi connectivity index (χ3n) is 3.37. The van der Waals surface area contributed by atoms with Crippen LogP contribution in [0.4, 0.5) is 10.1 Å². The number of nitrogens with zero attached hydrogens (tertiary/aromatic N) is 1. The average molecular weight is 398 g/mol. The first-order valence-corrected chi connectivity index (χ1v) is 7.82. The van der Waals surface area contributed by atoms with Gasteiger partial charge in [-0.15, -0.1) is 0 Å². The number of benzene rings is 2. The van der Waals surface area contributed by atoms with Crippen LogP contribution in [0.25, 0.3) is 0 Å². The van der Waals surface area contributed by atoms with Gasteiger partial charge in [0.1, 0.15) is 11.6 Å². The highest BCUT2D eigenvalue weighted by molar-refractivity contribution is 9.10. The number of carbonyl (C=O) groups is 1. The van der Waals surface area contributed by atoms with Crippen molar-refractivity contribution in [2.75, 3.05) is 32.8 Å².